The molecule has 1 saturated carbocycles. The number of ether oxygens (including phenoxy) is 1. The molecular formula is C29H28ClF4N3O4. The van der Waals surface area contributed by atoms with Gasteiger partial charge in [0.05, 0.1) is 16.6 Å². The summed E-state index contributed by atoms with van der Waals surface area (Å²) in [4.78, 5) is 29.3. The summed E-state index contributed by atoms with van der Waals surface area (Å²) in [6.45, 7) is 0. The van der Waals surface area contributed by atoms with Crippen molar-refractivity contribution < 1.29 is 37.0 Å². The minimum atomic E-state index is -4.74. The molecule has 1 heterocycles. The van der Waals surface area contributed by atoms with Gasteiger partial charge in [0.15, 0.2) is 0 Å². The predicted octanol–water partition coefficient (Wildman–Crippen LogP) is 6.40. The van der Waals surface area contributed by atoms with E-state index >= 15 is 0 Å². The zero-order chi connectivity index (χ0) is 29.6. The number of alkyl halides is 4. The number of nitrogens with one attached hydrogen (secondary N) is 2. The first-order valence-corrected chi connectivity index (χ1v) is 13.3. The Balaban J connectivity index is 1.74. The maximum absolute atomic E-state index is 13.8. The van der Waals surface area contributed by atoms with E-state index in [1.54, 1.807) is 36.4 Å². The van der Waals surface area contributed by atoms with Crippen LogP contribution in [0, 0.1) is 5.92 Å². The van der Waals surface area contributed by atoms with Gasteiger partial charge in [-0.05, 0) is 61.1 Å². The molecule has 1 aliphatic rings. The molecule has 1 atom stereocenters. The van der Waals surface area contributed by atoms with Crippen LogP contribution in [0.1, 0.15) is 42.5 Å². The second-order valence-corrected chi connectivity index (χ2v) is 10.3. The first-order valence-electron chi connectivity index (χ1n) is 12.9. The highest BCUT2D eigenvalue weighted by Crippen LogP contribution is 2.36. The second-order valence-electron chi connectivity index (χ2n) is 9.91. The molecule has 3 aromatic rings. The molecule has 1 aliphatic carbocycles. The Labute approximate surface area is 238 Å². The van der Waals surface area contributed by atoms with Crippen LogP contribution in [0.5, 0.6) is 5.75 Å². The number of hydrogen-bond acceptors (Lipinski definition) is 4. The summed E-state index contributed by atoms with van der Waals surface area (Å²) < 4.78 is 57.8. The van der Waals surface area contributed by atoms with Crippen molar-refractivity contribution in [2.24, 2.45) is 5.92 Å². The number of nitrogens with zero attached hydrogens (tertiary/aromatic N) is 1. The third-order valence-corrected chi connectivity index (χ3v) is 7.27. The number of benzene rings is 2. The largest absolute Gasteiger partial charge is 0.481 e. The second kappa shape index (κ2) is 12.8. The Morgan fingerprint density at radius 3 is 2.34 bits per heavy atom. The van der Waals surface area contributed by atoms with Crippen molar-refractivity contribution in [1.82, 2.24) is 15.6 Å². The molecule has 0 bridgehead atoms. The average Bonchev–Trinajstić information content (AvgIpc) is 2.93. The first kappa shape index (κ1) is 30.1. The van der Waals surface area contributed by atoms with Gasteiger partial charge in [0.2, 0.25) is 0 Å². The number of carbonyl (C=O) groups excluding carboxylic acids is 1. The zero-order valence-electron chi connectivity index (χ0n) is 21.7. The number of rotatable bonds is 10. The molecule has 0 aliphatic heterocycles. The molecule has 4 rings (SSSR count). The van der Waals surface area contributed by atoms with Gasteiger partial charge in [-0.3, -0.25) is 9.78 Å². The normalized spacial score (nSPS) is 18.8. The van der Waals surface area contributed by atoms with Crippen LogP contribution in [0.4, 0.5) is 22.4 Å². The van der Waals surface area contributed by atoms with E-state index in [4.69, 9.17) is 11.6 Å². The number of halogens is 5. The molecule has 3 N–H and O–H groups in total. The number of hydrogen-bond donors (Lipinski definition) is 3. The van der Waals surface area contributed by atoms with E-state index in [1.165, 1.54) is 12.3 Å². The molecule has 0 unspecified atom stereocenters. The van der Waals surface area contributed by atoms with Crippen molar-refractivity contribution >= 4 is 23.6 Å². The number of aromatic nitrogens is 1. The molecule has 2 amide bonds. The minimum Gasteiger partial charge on any atom is -0.481 e. The molecule has 0 radical (unpaired) electrons. The highest BCUT2D eigenvalue weighted by Gasteiger charge is 2.45. The fourth-order valence-corrected chi connectivity index (χ4v) is 5.09. The number of amides is 2. The molecule has 1 fully saturated rings. The fourth-order valence-electron chi connectivity index (χ4n) is 4.98. The van der Waals surface area contributed by atoms with Gasteiger partial charge in [-0.15, -0.1) is 0 Å². The van der Waals surface area contributed by atoms with Gasteiger partial charge < -0.3 is 20.5 Å². The summed E-state index contributed by atoms with van der Waals surface area (Å²) in [5.41, 5.74) is -0.208. The highest BCUT2D eigenvalue weighted by atomic mass is 35.5. The van der Waals surface area contributed by atoms with Crippen molar-refractivity contribution in [3.8, 4) is 5.75 Å². The summed E-state index contributed by atoms with van der Waals surface area (Å²) in [5, 5.41) is 15.4. The summed E-state index contributed by atoms with van der Waals surface area (Å²) in [6.07, 6.45) is -5.59. The number of carboxylic acids is 1. The molecule has 41 heavy (non-hydrogen) atoms. The van der Waals surface area contributed by atoms with E-state index in [-0.39, 0.29) is 18.0 Å². The lowest BCUT2D eigenvalue weighted by Gasteiger charge is -2.37. The standard InChI is InChI=1S/C29H28ClF4N3O4/c30-21-11-14-24(35-17-21)28(16-18-5-2-1-3-6-18,20-7-4-8-23(15-20)41-29(33,34)26(31)32)37-27(40)36-22-12-9-19(10-13-22)25(38)39/h1-8,11,14-15,17,19,22,26H,9-10,12-13,16H2,(H,38,39)(H2,36,37,40)/t19?,22?,28-/m0/s1. The van der Waals surface area contributed by atoms with Crippen LogP contribution in [-0.4, -0.2) is 40.7 Å². The van der Waals surface area contributed by atoms with Gasteiger partial charge >= 0.3 is 24.5 Å². The number of aliphatic carboxylic acids is 1. The first-order chi connectivity index (χ1) is 19.5. The van der Waals surface area contributed by atoms with Crippen LogP contribution in [0.3, 0.4) is 0 Å². The van der Waals surface area contributed by atoms with Crippen molar-refractivity contribution in [2.45, 2.75) is 56.2 Å². The molecular weight excluding hydrogens is 566 g/mol. The van der Waals surface area contributed by atoms with Gasteiger partial charge in [-0.25, -0.2) is 4.79 Å². The van der Waals surface area contributed by atoms with Crippen molar-refractivity contribution in [3.63, 3.8) is 0 Å². The lowest BCUT2D eigenvalue weighted by atomic mass is 9.80. The number of carboxylic acid groups (broad SMARTS) is 1. The van der Waals surface area contributed by atoms with E-state index in [9.17, 15) is 32.3 Å². The lowest BCUT2D eigenvalue weighted by Crippen LogP contribution is -2.54. The van der Waals surface area contributed by atoms with Gasteiger partial charge in [0.1, 0.15) is 11.3 Å². The predicted molar refractivity (Wildman–Crippen MR) is 143 cm³/mol. The SMILES string of the molecule is O=C(NC1CCC(C(=O)O)CC1)N[C@@](Cc1ccccc1)(c1cccc(OC(F)(F)C(F)F)c1)c1ccc(Cl)cn1. The van der Waals surface area contributed by atoms with Gasteiger partial charge in [-0.1, -0.05) is 54.1 Å². The summed E-state index contributed by atoms with van der Waals surface area (Å²) >= 11 is 6.09. The zero-order valence-corrected chi connectivity index (χ0v) is 22.5. The third kappa shape index (κ3) is 7.46. The highest BCUT2D eigenvalue weighted by molar-refractivity contribution is 6.30. The molecule has 7 nitrogen and oxygen atoms in total. The Morgan fingerprint density at radius 2 is 1.73 bits per heavy atom. The monoisotopic (exact) mass is 593 g/mol. The quantitative estimate of drug-likeness (QED) is 0.236. The van der Waals surface area contributed by atoms with Gasteiger partial charge in [0.25, 0.3) is 0 Å². The number of pyridine rings is 1. The summed E-state index contributed by atoms with van der Waals surface area (Å²) in [5.74, 6) is -1.88. The van der Waals surface area contributed by atoms with Crippen LogP contribution in [0.2, 0.25) is 5.02 Å². The van der Waals surface area contributed by atoms with Gasteiger partial charge in [0, 0.05) is 18.7 Å². The van der Waals surface area contributed by atoms with E-state index in [1.807, 2.05) is 12.1 Å². The van der Waals surface area contributed by atoms with Gasteiger partial charge in [-0.2, -0.15) is 17.6 Å². The van der Waals surface area contributed by atoms with E-state index in [0.29, 0.717) is 36.4 Å². The third-order valence-electron chi connectivity index (χ3n) is 7.05. The van der Waals surface area contributed by atoms with E-state index < -0.39 is 41.7 Å². The Bertz CT molecular complexity index is 1340. The molecule has 12 heteroatoms. The number of urea groups is 1. The van der Waals surface area contributed by atoms with Crippen LogP contribution >= 0.6 is 11.6 Å². The lowest BCUT2D eigenvalue weighted by molar-refractivity contribution is -0.253. The average molecular weight is 594 g/mol. The van der Waals surface area contributed by atoms with Crippen LogP contribution in [-0.2, 0) is 16.8 Å². The maximum atomic E-state index is 13.8. The summed E-state index contributed by atoms with van der Waals surface area (Å²) in [6, 6.07) is 16.4. The fraction of sp³-hybridized carbons (Fsp3) is 0.345. The minimum absolute atomic E-state index is 0.0936. The number of carbonyl (C=O) groups is 2. The van der Waals surface area contributed by atoms with E-state index in [0.717, 1.165) is 17.7 Å². The molecule has 0 saturated heterocycles. The van der Waals surface area contributed by atoms with Crippen LogP contribution in [0.15, 0.2) is 72.9 Å². The molecule has 2 aromatic carbocycles. The van der Waals surface area contributed by atoms with Crippen molar-refractivity contribution in [1.29, 1.82) is 0 Å². The van der Waals surface area contributed by atoms with Crippen LogP contribution in [0.25, 0.3) is 0 Å². The van der Waals surface area contributed by atoms with Crippen molar-refractivity contribution in [3.05, 3.63) is 94.8 Å². The maximum Gasteiger partial charge on any atom is 0.461 e. The van der Waals surface area contributed by atoms with Crippen molar-refractivity contribution in [2.75, 3.05) is 0 Å². The smallest absolute Gasteiger partial charge is 0.461 e. The van der Waals surface area contributed by atoms with Crippen LogP contribution < -0.4 is 15.4 Å². The van der Waals surface area contributed by atoms with E-state index in [2.05, 4.69) is 20.4 Å². The Hall–Kier alpha value is -3.86. The Kier molecular flexibility index (Phi) is 9.37. The molecule has 0 spiro atoms. The topological polar surface area (TPSA) is 101 Å². The molecule has 1 aromatic heterocycles. The molecule has 218 valence electrons. The Morgan fingerprint density at radius 1 is 1.02 bits per heavy atom. The summed E-state index contributed by atoms with van der Waals surface area (Å²) in [7, 11) is 0.